The van der Waals surface area contributed by atoms with Crippen molar-refractivity contribution in [2.24, 2.45) is 0 Å². The minimum absolute atomic E-state index is 0.378. The molecule has 2 rings (SSSR count). The number of carbonyl (C=O) groups excluding carboxylic acids is 1. The third-order valence-corrected chi connectivity index (χ3v) is 2.64. The summed E-state index contributed by atoms with van der Waals surface area (Å²) in [5.41, 5.74) is 3.34. The summed E-state index contributed by atoms with van der Waals surface area (Å²) < 4.78 is 1.90. The monoisotopic (exact) mass is 214 g/mol. The van der Waals surface area contributed by atoms with Gasteiger partial charge in [-0.3, -0.25) is 0 Å². The van der Waals surface area contributed by atoms with E-state index in [4.69, 9.17) is 0 Å². The Balaban J connectivity index is 2.26. The number of aromatic nitrogens is 2. The van der Waals surface area contributed by atoms with Gasteiger partial charge in [-0.25, -0.2) is 4.98 Å². The lowest BCUT2D eigenvalue weighted by Gasteiger charge is -2.06. The fourth-order valence-corrected chi connectivity index (χ4v) is 1.76. The molecule has 1 aromatic heterocycles. The van der Waals surface area contributed by atoms with E-state index in [9.17, 15) is 4.79 Å². The molecular weight excluding hydrogens is 200 g/mol. The van der Waals surface area contributed by atoms with E-state index in [1.54, 1.807) is 6.33 Å². The normalized spacial score (nSPS) is 10.3. The van der Waals surface area contributed by atoms with Crippen molar-refractivity contribution in [3.05, 3.63) is 53.6 Å². The minimum Gasteiger partial charge on any atom is -0.327 e. The molecule has 0 bridgehead atoms. The maximum absolute atomic E-state index is 10.5. The van der Waals surface area contributed by atoms with E-state index >= 15 is 0 Å². The molecule has 0 saturated heterocycles. The van der Waals surface area contributed by atoms with E-state index in [-0.39, 0.29) is 0 Å². The first-order valence-electron chi connectivity index (χ1n) is 5.29. The molecule has 0 spiro atoms. The van der Waals surface area contributed by atoms with Crippen molar-refractivity contribution in [3.63, 3.8) is 0 Å². The number of benzene rings is 1. The summed E-state index contributed by atoms with van der Waals surface area (Å²) in [7, 11) is 0. The number of carbonyl (C=O) groups is 1. The molecule has 0 radical (unpaired) electrons. The first-order valence-corrected chi connectivity index (χ1v) is 5.29. The Morgan fingerprint density at radius 2 is 2.06 bits per heavy atom. The summed E-state index contributed by atoms with van der Waals surface area (Å²) in [6.45, 7) is 2.35. The van der Waals surface area contributed by atoms with Crippen LogP contribution in [-0.4, -0.2) is 15.8 Å². The molecule has 0 atom stereocenters. The molecule has 3 heteroatoms. The van der Waals surface area contributed by atoms with E-state index in [1.165, 1.54) is 5.56 Å². The van der Waals surface area contributed by atoms with E-state index < -0.39 is 0 Å². The van der Waals surface area contributed by atoms with Crippen molar-refractivity contribution in [1.29, 1.82) is 0 Å². The van der Waals surface area contributed by atoms with E-state index in [1.807, 2.05) is 29.7 Å². The highest BCUT2D eigenvalue weighted by molar-refractivity contribution is 5.49. The smallest absolute Gasteiger partial charge is 0.139 e. The van der Waals surface area contributed by atoms with Gasteiger partial charge in [-0.15, -0.1) is 0 Å². The number of aldehydes is 1. The minimum atomic E-state index is 0.378. The fraction of sp³-hybridized carbons (Fsp3) is 0.231. The summed E-state index contributed by atoms with van der Waals surface area (Å²) in [4.78, 5) is 14.8. The van der Waals surface area contributed by atoms with Gasteiger partial charge in [0.25, 0.3) is 0 Å². The summed E-state index contributed by atoms with van der Waals surface area (Å²) in [6.07, 6.45) is 3.44. The van der Waals surface area contributed by atoms with Gasteiger partial charge >= 0.3 is 0 Å². The van der Waals surface area contributed by atoms with Crippen LogP contribution >= 0.6 is 0 Å². The summed E-state index contributed by atoms with van der Waals surface area (Å²) in [5.74, 6) is 0. The van der Waals surface area contributed by atoms with E-state index in [2.05, 4.69) is 17.1 Å². The van der Waals surface area contributed by atoms with Gasteiger partial charge in [0, 0.05) is 12.1 Å². The summed E-state index contributed by atoms with van der Waals surface area (Å²) in [5, 5.41) is 0. The fourth-order valence-electron chi connectivity index (χ4n) is 1.76. The molecule has 0 aliphatic rings. The average molecular weight is 214 g/mol. The van der Waals surface area contributed by atoms with Crippen LogP contribution in [0, 0.1) is 6.92 Å². The molecule has 0 aliphatic heterocycles. The van der Waals surface area contributed by atoms with Crippen LogP contribution in [0.3, 0.4) is 0 Å². The number of imidazole rings is 1. The Morgan fingerprint density at radius 3 is 2.75 bits per heavy atom. The van der Waals surface area contributed by atoms with Crippen LogP contribution in [0.15, 0.2) is 36.7 Å². The predicted molar refractivity (Wildman–Crippen MR) is 62.3 cm³/mol. The molecule has 0 amide bonds. The van der Waals surface area contributed by atoms with Crippen molar-refractivity contribution >= 4 is 6.29 Å². The topological polar surface area (TPSA) is 34.9 Å². The number of rotatable bonds is 4. The van der Waals surface area contributed by atoms with Crippen molar-refractivity contribution < 1.29 is 4.79 Å². The Kier molecular flexibility index (Phi) is 3.15. The van der Waals surface area contributed by atoms with Crippen LogP contribution in [0.2, 0.25) is 0 Å². The largest absolute Gasteiger partial charge is 0.327 e. The number of hydrogen-bond acceptors (Lipinski definition) is 2. The molecule has 82 valence electrons. The zero-order chi connectivity index (χ0) is 11.4. The highest BCUT2D eigenvalue weighted by Crippen LogP contribution is 2.12. The van der Waals surface area contributed by atoms with Gasteiger partial charge in [0.2, 0.25) is 0 Å². The van der Waals surface area contributed by atoms with Crippen LogP contribution in [0.25, 0.3) is 0 Å². The van der Waals surface area contributed by atoms with Crippen molar-refractivity contribution in [1.82, 2.24) is 9.55 Å². The first kappa shape index (κ1) is 10.6. The lowest BCUT2D eigenvalue weighted by molar-refractivity contribution is -0.108. The standard InChI is InChI=1S/C13H14N2O/c1-11-13(15(7-8-16)10-14-11)9-12-5-3-2-4-6-12/h2-6,8,10H,7,9H2,1H3. The quantitative estimate of drug-likeness (QED) is 0.729. The highest BCUT2D eigenvalue weighted by atomic mass is 16.1. The molecule has 1 aromatic carbocycles. The van der Waals surface area contributed by atoms with Gasteiger partial charge in [0.05, 0.1) is 18.6 Å². The Hall–Kier alpha value is -1.90. The predicted octanol–water partition coefficient (Wildman–Crippen LogP) is 1.98. The van der Waals surface area contributed by atoms with Crippen LogP contribution < -0.4 is 0 Å². The second-order valence-corrected chi connectivity index (χ2v) is 3.76. The lowest BCUT2D eigenvalue weighted by Crippen LogP contribution is -2.04. The summed E-state index contributed by atoms with van der Waals surface area (Å²) in [6, 6.07) is 10.2. The Morgan fingerprint density at radius 1 is 1.31 bits per heavy atom. The third kappa shape index (κ3) is 2.19. The van der Waals surface area contributed by atoms with Crippen LogP contribution in [0.4, 0.5) is 0 Å². The molecule has 1 heterocycles. The lowest BCUT2D eigenvalue weighted by atomic mass is 10.1. The van der Waals surface area contributed by atoms with Gasteiger partial charge in [0.1, 0.15) is 6.29 Å². The average Bonchev–Trinajstić information content (AvgIpc) is 2.64. The maximum atomic E-state index is 10.5. The first-order chi connectivity index (χ1) is 7.81. The molecular formula is C13H14N2O. The zero-order valence-electron chi connectivity index (χ0n) is 9.26. The van der Waals surface area contributed by atoms with Gasteiger partial charge < -0.3 is 9.36 Å². The van der Waals surface area contributed by atoms with Gasteiger partial charge in [0.15, 0.2) is 0 Å². The SMILES string of the molecule is Cc1ncn(CC=O)c1Cc1ccccc1. The molecule has 0 saturated carbocycles. The molecule has 3 nitrogen and oxygen atoms in total. The Bertz CT molecular complexity index is 474. The molecule has 0 fully saturated rings. The van der Waals surface area contributed by atoms with Crippen molar-refractivity contribution in [2.75, 3.05) is 0 Å². The summed E-state index contributed by atoms with van der Waals surface area (Å²) >= 11 is 0. The van der Waals surface area contributed by atoms with Crippen molar-refractivity contribution in [3.8, 4) is 0 Å². The molecule has 2 aromatic rings. The van der Waals surface area contributed by atoms with E-state index in [0.717, 1.165) is 24.1 Å². The third-order valence-electron chi connectivity index (χ3n) is 2.64. The molecule has 0 N–H and O–H groups in total. The molecule has 16 heavy (non-hydrogen) atoms. The van der Waals surface area contributed by atoms with Crippen LogP contribution in [0.5, 0.6) is 0 Å². The second kappa shape index (κ2) is 4.75. The number of nitrogens with zero attached hydrogens (tertiary/aromatic N) is 2. The van der Waals surface area contributed by atoms with Gasteiger partial charge in [-0.2, -0.15) is 0 Å². The van der Waals surface area contributed by atoms with E-state index in [0.29, 0.717) is 6.54 Å². The van der Waals surface area contributed by atoms with Crippen molar-refractivity contribution in [2.45, 2.75) is 19.9 Å². The number of aryl methyl sites for hydroxylation is 1. The van der Waals surface area contributed by atoms with Gasteiger partial charge in [-0.1, -0.05) is 30.3 Å². The Labute approximate surface area is 94.7 Å². The zero-order valence-corrected chi connectivity index (χ0v) is 9.26. The molecule has 0 unspecified atom stereocenters. The number of hydrogen-bond donors (Lipinski definition) is 0. The van der Waals surface area contributed by atoms with Crippen LogP contribution in [0.1, 0.15) is 17.0 Å². The molecule has 0 aliphatic carbocycles. The highest BCUT2D eigenvalue weighted by Gasteiger charge is 2.07. The van der Waals surface area contributed by atoms with Gasteiger partial charge in [-0.05, 0) is 12.5 Å². The second-order valence-electron chi connectivity index (χ2n) is 3.76. The maximum Gasteiger partial charge on any atom is 0.139 e. The van der Waals surface area contributed by atoms with Crippen LogP contribution in [-0.2, 0) is 17.8 Å².